The highest BCUT2D eigenvalue weighted by atomic mass is 32.1. The first-order valence-electron chi connectivity index (χ1n) is 13.5. The van der Waals surface area contributed by atoms with Crippen LogP contribution in [-0.4, -0.2) is 52.1 Å². The third-order valence-corrected chi connectivity index (χ3v) is 8.91. The largest absolute Gasteiger partial charge is 0.496 e. The molecule has 11 nitrogen and oxygen atoms in total. The van der Waals surface area contributed by atoms with Gasteiger partial charge >= 0.3 is 5.97 Å². The van der Waals surface area contributed by atoms with E-state index in [-0.39, 0.29) is 24.0 Å². The van der Waals surface area contributed by atoms with Crippen LogP contribution in [0.3, 0.4) is 0 Å². The summed E-state index contributed by atoms with van der Waals surface area (Å²) >= 11 is 1.47. The van der Waals surface area contributed by atoms with E-state index in [4.69, 9.17) is 27.8 Å². The smallest absolute Gasteiger partial charge is 0.306 e. The summed E-state index contributed by atoms with van der Waals surface area (Å²) < 4.78 is 37.9. The van der Waals surface area contributed by atoms with E-state index in [9.17, 15) is 9.90 Å². The molecule has 3 aromatic heterocycles. The maximum atomic E-state index is 11.3. The topological polar surface area (TPSA) is 127 Å². The van der Waals surface area contributed by atoms with E-state index in [0.717, 1.165) is 39.4 Å². The molecule has 2 fully saturated rings. The summed E-state index contributed by atoms with van der Waals surface area (Å²) in [5.41, 5.74) is 2.46. The molecule has 0 radical (unpaired) electrons. The van der Waals surface area contributed by atoms with Gasteiger partial charge in [-0.2, -0.15) is 4.74 Å². The summed E-state index contributed by atoms with van der Waals surface area (Å²) in [7, 11) is 1.66. The summed E-state index contributed by atoms with van der Waals surface area (Å²) in [4.78, 5) is 18.8. The minimum atomic E-state index is -0.755. The summed E-state index contributed by atoms with van der Waals surface area (Å²) in [6.07, 6.45) is 5.63. The minimum Gasteiger partial charge on any atom is -0.496 e. The quantitative estimate of drug-likeness (QED) is 0.250. The Bertz CT molecular complexity index is 1480. The number of carbonyl (C=O) groups is 1. The van der Waals surface area contributed by atoms with Gasteiger partial charge in [-0.3, -0.25) is 9.42 Å². The lowest BCUT2D eigenvalue weighted by Crippen LogP contribution is -2.33. The van der Waals surface area contributed by atoms with Gasteiger partial charge in [-0.15, -0.1) is 11.3 Å². The number of nitrogens with zero attached hydrogens (tertiary/aromatic N) is 3. The Morgan fingerprint density at radius 3 is 2.77 bits per heavy atom. The molecule has 4 aromatic rings. The molecule has 1 aliphatic heterocycles. The summed E-state index contributed by atoms with van der Waals surface area (Å²) in [5.74, 6) is 0.327. The average molecular weight is 572 g/mol. The number of carboxylic acids is 1. The van der Waals surface area contributed by atoms with E-state index in [2.05, 4.69) is 4.98 Å². The Balaban J connectivity index is 1.40. The third kappa shape index (κ3) is 5.43. The van der Waals surface area contributed by atoms with Crippen LogP contribution in [0, 0.1) is 18.8 Å². The molecule has 214 valence electrons. The van der Waals surface area contributed by atoms with E-state index < -0.39 is 5.97 Å². The van der Waals surface area contributed by atoms with Gasteiger partial charge in [0, 0.05) is 24.3 Å². The standard InChI is InChI=1S/C28H33N3O8S/c1-17-24-27(40-25(17)26-29-9-12-36-26)30(39-31(38-24)15-18-13-19(14-18)28(32)33)16-23(37-20-7-10-35-11-8-20)21-5-3-4-6-22(21)34-2/h3-6,9,12,18-20,23H,7-8,10-11,13-16H2,1-2H3,(H,32,33)/t18?,19?,23-/m0/s1. The zero-order valence-corrected chi connectivity index (χ0v) is 23.3. The van der Waals surface area contributed by atoms with Crippen molar-refractivity contribution in [1.29, 1.82) is 0 Å². The van der Waals surface area contributed by atoms with Crippen LogP contribution in [0.25, 0.3) is 21.2 Å². The molecule has 1 saturated heterocycles. The summed E-state index contributed by atoms with van der Waals surface area (Å²) in [6, 6.07) is 7.86. The first kappa shape index (κ1) is 26.7. The number of aryl methyl sites for hydroxylation is 1. The lowest BCUT2D eigenvalue weighted by molar-refractivity contribution is -0.148. The number of aromatic nitrogens is 3. The molecule has 2 aliphatic rings. The number of hydrogen-bond acceptors (Lipinski definition) is 9. The van der Waals surface area contributed by atoms with Crippen molar-refractivity contribution in [3.05, 3.63) is 47.9 Å². The summed E-state index contributed by atoms with van der Waals surface area (Å²) in [5, 5.41) is 9.31. The number of hydrogen-bond donors (Lipinski definition) is 1. The van der Waals surface area contributed by atoms with Gasteiger partial charge in [0.25, 0.3) is 0 Å². The fourth-order valence-corrected chi connectivity index (χ4v) is 6.51. The number of thiophene rings is 1. The zero-order valence-electron chi connectivity index (χ0n) is 22.5. The van der Waals surface area contributed by atoms with Crippen LogP contribution in [0.1, 0.15) is 42.9 Å². The molecule has 1 N–H and O–H groups in total. The number of carboxylic acid groups (broad SMARTS) is 1. The number of para-hydroxylation sites is 1. The molecule has 1 atom stereocenters. The monoisotopic (exact) mass is 571 g/mol. The molecule has 0 unspecified atom stereocenters. The third-order valence-electron chi connectivity index (χ3n) is 7.64. The van der Waals surface area contributed by atoms with Crippen molar-refractivity contribution < 1.29 is 37.7 Å². The van der Waals surface area contributed by atoms with Crippen LogP contribution >= 0.6 is 11.3 Å². The highest BCUT2D eigenvalue weighted by Crippen LogP contribution is 2.40. The predicted molar refractivity (Wildman–Crippen MR) is 145 cm³/mol. The van der Waals surface area contributed by atoms with Crippen molar-refractivity contribution in [2.24, 2.45) is 11.8 Å². The molecule has 12 heteroatoms. The van der Waals surface area contributed by atoms with E-state index in [0.29, 0.717) is 50.6 Å². The molecule has 0 amide bonds. The van der Waals surface area contributed by atoms with Crippen LogP contribution in [0.15, 0.2) is 50.3 Å². The van der Waals surface area contributed by atoms with Crippen molar-refractivity contribution in [1.82, 2.24) is 14.6 Å². The van der Waals surface area contributed by atoms with Crippen molar-refractivity contribution in [2.75, 3.05) is 20.3 Å². The van der Waals surface area contributed by atoms with Crippen molar-refractivity contribution >= 4 is 27.7 Å². The molecule has 1 aliphatic carbocycles. The number of aliphatic carboxylic acids is 1. The van der Waals surface area contributed by atoms with Gasteiger partial charge in [0.2, 0.25) is 11.5 Å². The van der Waals surface area contributed by atoms with Crippen LogP contribution in [-0.2, 0) is 27.4 Å². The molecule has 6 rings (SSSR count). The van der Waals surface area contributed by atoms with Gasteiger partial charge in [-0.25, -0.2) is 4.98 Å². The van der Waals surface area contributed by atoms with Crippen molar-refractivity contribution in [2.45, 2.75) is 57.9 Å². The number of ether oxygens (including phenoxy) is 3. The molecule has 0 bridgehead atoms. The van der Waals surface area contributed by atoms with Gasteiger partial charge in [0.15, 0.2) is 4.83 Å². The Morgan fingerprint density at radius 1 is 1.25 bits per heavy atom. The van der Waals surface area contributed by atoms with Gasteiger partial charge in [-0.1, -0.05) is 18.2 Å². The SMILES string of the molecule is COc1ccccc1[C@H](Cn1on(CC2CC(C(=O)O)C2)oc2c(C)c(-c3ncco3)sc21)OC1CCOCC1. The fourth-order valence-electron chi connectivity index (χ4n) is 5.39. The molecule has 1 saturated carbocycles. The van der Waals surface area contributed by atoms with Gasteiger partial charge < -0.3 is 28.3 Å². The van der Waals surface area contributed by atoms with E-state index in [1.807, 2.05) is 31.2 Å². The number of methoxy groups -OCH3 is 1. The van der Waals surface area contributed by atoms with Crippen LogP contribution in [0.2, 0.25) is 0 Å². The Kier molecular flexibility index (Phi) is 7.72. The van der Waals surface area contributed by atoms with Gasteiger partial charge in [0.1, 0.15) is 18.1 Å². The Labute approximate surface area is 234 Å². The number of fused-ring (bicyclic) bond motifs is 1. The second kappa shape index (κ2) is 11.6. The van der Waals surface area contributed by atoms with E-state index >= 15 is 0 Å². The average Bonchev–Trinajstić information content (AvgIpc) is 3.59. The van der Waals surface area contributed by atoms with Crippen LogP contribution in [0.5, 0.6) is 5.75 Å². The maximum absolute atomic E-state index is 11.3. The van der Waals surface area contributed by atoms with Crippen molar-refractivity contribution in [3.8, 4) is 16.5 Å². The van der Waals surface area contributed by atoms with Crippen LogP contribution in [0.4, 0.5) is 0 Å². The molecule has 4 heterocycles. The van der Waals surface area contributed by atoms with Crippen LogP contribution < -0.4 is 4.74 Å². The van der Waals surface area contributed by atoms with E-state index in [1.54, 1.807) is 24.3 Å². The molecule has 1 aromatic carbocycles. The first-order valence-corrected chi connectivity index (χ1v) is 14.3. The molecular weight excluding hydrogens is 538 g/mol. The number of rotatable bonds is 10. The van der Waals surface area contributed by atoms with Gasteiger partial charge in [-0.05, 0) is 49.5 Å². The highest BCUT2D eigenvalue weighted by molar-refractivity contribution is 7.22. The second-order valence-corrected chi connectivity index (χ2v) is 11.3. The Morgan fingerprint density at radius 2 is 2.05 bits per heavy atom. The highest BCUT2D eigenvalue weighted by Gasteiger charge is 2.35. The van der Waals surface area contributed by atoms with E-state index in [1.165, 1.54) is 16.2 Å². The number of benzene rings is 1. The predicted octanol–water partition coefficient (Wildman–Crippen LogP) is 5.83. The minimum absolute atomic E-state index is 0.0381. The van der Waals surface area contributed by atoms with Crippen molar-refractivity contribution in [3.63, 3.8) is 0 Å². The molecular formula is C28H33N3O8S. The molecule has 40 heavy (non-hydrogen) atoms. The lowest BCUT2D eigenvalue weighted by Gasteiger charge is -2.31. The zero-order chi connectivity index (χ0) is 27.6. The fraction of sp³-hybridized carbons (Fsp3) is 0.500. The normalized spacial score (nSPS) is 20.4. The second-order valence-electron chi connectivity index (χ2n) is 10.3. The lowest BCUT2D eigenvalue weighted by atomic mass is 9.75. The first-order chi connectivity index (χ1) is 19.5. The molecule has 0 spiro atoms. The number of oxazole rings is 1. The maximum Gasteiger partial charge on any atom is 0.306 e. The summed E-state index contributed by atoms with van der Waals surface area (Å²) in [6.45, 7) is 4.09. The Hall–Kier alpha value is -3.48. The van der Waals surface area contributed by atoms with Gasteiger partial charge in [0.05, 0.1) is 43.3 Å².